The quantitative estimate of drug-likeness (QED) is 0.437. The SMILES string of the molecule is O=C(O)O.O=[AsH3]. The third-order valence-electron chi connectivity index (χ3n) is 0. The van der Waals surface area contributed by atoms with E-state index in [1.165, 1.54) is 0 Å². The van der Waals surface area contributed by atoms with Crippen LogP contribution in [0.2, 0.25) is 0 Å². The van der Waals surface area contributed by atoms with E-state index < -0.39 is 6.16 Å². The molecule has 1 atom stereocenters. The van der Waals surface area contributed by atoms with Gasteiger partial charge in [-0.3, -0.25) is 0 Å². The van der Waals surface area contributed by atoms with Crippen LogP contribution >= 0.6 is 0 Å². The van der Waals surface area contributed by atoms with E-state index in [1.807, 2.05) is 0 Å². The van der Waals surface area contributed by atoms with Gasteiger partial charge in [0.05, 0.1) is 0 Å². The Morgan fingerprint density at radius 3 is 1.33 bits per heavy atom. The molecule has 6 heavy (non-hydrogen) atoms. The Morgan fingerprint density at radius 2 is 1.33 bits per heavy atom. The Hall–Kier alpha value is -0.372. The first-order valence-corrected chi connectivity index (χ1v) is 2.15. The van der Waals surface area contributed by atoms with Crippen LogP contribution in [0.5, 0.6) is 0 Å². The van der Waals surface area contributed by atoms with E-state index in [1.54, 1.807) is 0 Å². The number of hydrogen-bond acceptors (Lipinski definition) is 2. The summed E-state index contributed by atoms with van der Waals surface area (Å²) in [6, 6.07) is 0. The van der Waals surface area contributed by atoms with Crippen molar-refractivity contribution in [2.24, 2.45) is 0 Å². The molecule has 0 saturated heterocycles. The molecular formula is CH5AsO4. The van der Waals surface area contributed by atoms with Crippen LogP contribution in [0, 0.1) is 0 Å². The van der Waals surface area contributed by atoms with Crippen molar-refractivity contribution in [3.05, 3.63) is 0 Å². The van der Waals surface area contributed by atoms with E-state index >= 15 is 0 Å². The van der Waals surface area contributed by atoms with E-state index in [0.717, 1.165) is 0 Å². The molecule has 0 amide bonds. The van der Waals surface area contributed by atoms with E-state index in [-0.39, 0.29) is 16.8 Å². The van der Waals surface area contributed by atoms with Gasteiger partial charge in [0.1, 0.15) is 0 Å². The second-order valence-electron chi connectivity index (χ2n) is 0.283. The first-order chi connectivity index (χ1) is 2.73. The number of hydrogen-bond donors (Lipinski definition) is 2. The molecule has 0 aliphatic carbocycles. The molecule has 0 radical (unpaired) electrons. The van der Waals surface area contributed by atoms with Gasteiger partial charge < -0.3 is 10.2 Å². The van der Waals surface area contributed by atoms with E-state index in [4.69, 9.17) is 18.7 Å². The summed E-state index contributed by atoms with van der Waals surface area (Å²) in [7, 11) is 0. The fourth-order valence-corrected chi connectivity index (χ4v) is 0. The summed E-state index contributed by atoms with van der Waals surface area (Å²) in [6.07, 6.45) is -1.83. The molecular weight excluding hydrogens is 151 g/mol. The third kappa shape index (κ3) is 182. The van der Waals surface area contributed by atoms with Crippen LogP contribution in [-0.2, 0) is 3.74 Å². The van der Waals surface area contributed by atoms with Crippen LogP contribution in [0.3, 0.4) is 0 Å². The van der Waals surface area contributed by atoms with Crippen LogP contribution in [0.1, 0.15) is 0 Å². The minimum atomic E-state index is -1.83. The molecule has 1 unspecified atom stereocenters. The molecule has 0 saturated carbocycles. The van der Waals surface area contributed by atoms with Gasteiger partial charge >= 0.3 is 26.7 Å². The van der Waals surface area contributed by atoms with Gasteiger partial charge in [-0.2, -0.15) is 0 Å². The molecule has 4 nitrogen and oxygen atoms in total. The summed E-state index contributed by atoms with van der Waals surface area (Å²) in [4.78, 5) is 8.56. The Morgan fingerprint density at radius 1 is 1.33 bits per heavy atom. The van der Waals surface area contributed by atoms with Gasteiger partial charge in [0, 0.05) is 0 Å². The molecule has 0 heterocycles. The molecule has 0 aromatic carbocycles. The standard InChI is InChI=1S/CH2O3.AsH3O/c2-1(3)4;1-2/h(H2,2,3,4);1H3. The Balaban J connectivity index is 0. The summed E-state index contributed by atoms with van der Waals surface area (Å²) in [5.74, 6) is 0. The molecule has 0 rings (SSSR count). The van der Waals surface area contributed by atoms with Gasteiger partial charge in [0.15, 0.2) is 0 Å². The van der Waals surface area contributed by atoms with Crippen LogP contribution in [0.4, 0.5) is 4.79 Å². The normalized spacial score (nSPS) is 5.33. The zero-order chi connectivity index (χ0) is 5.58. The molecule has 0 aliphatic rings. The maximum atomic E-state index is 8.56. The maximum absolute atomic E-state index is 8.56. The average molecular weight is 156 g/mol. The van der Waals surface area contributed by atoms with Gasteiger partial charge in [-0.1, -0.05) is 0 Å². The second kappa shape index (κ2) is 8.82. The number of carbonyl (C=O) groups is 1. The molecule has 0 bridgehead atoms. The first kappa shape index (κ1) is 9.16. The summed E-state index contributed by atoms with van der Waals surface area (Å²) >= 11 is 0.125. The van der Waals surface area contributed by atoms with E-state index in [9.17, 15) is 0 Å². The van der Waals surface area contributed by atoms with Crippen molar-refractivity contribution < 1.29 is 18.7 Å². The summed E-state index contributed by atoms with van der Waals surface area (Å²) in [6.45, 7) is 0. The van der Waals surface area contributed by atoms with E-state index in [0.29, 0.717) is 0 Å². The van der Waals surface area contributed by atoms with Crippen molar-refractivity contribution in [1.82, 2.24) is 0 Å². The predicted octanol–water partition coefficient (Wildman–Crippen LogP) is -1.08. The average Bonchev–Trinajstić information content (AvgIpc) is 1.41. The van der Waals surface area contributed by atoms with Gasteiger partial charge in [0.25, 0.3) is 0 Å². The monoisotopic (exact) mass is 156 g/mol. The molecule has 0 fully saturated rings. The molecule has 0 aromatic rings. The van der Waals surface area contributed by atoms with Gasteiger partial charge in [-0.25, -0.2) is 4.79 Å². The number of carboxylic acid groups (broad SMARTS) is 2. The fraction of sp³-hybridized carbons (Fsp3) is 0. The summed E-state index contributed by atoms with van der Waals surface area (Å²) < 4.78 is 8.38. The zero-order valence-electron chi connectivity index (χ0n) is 2.92. The Labute approximate surface area is 42.5 Å². The van der Waals surface area contributed by atoms with E-state index in [2.05, 4.69) is 0 Å². The van der Waals surface area contributed by atoms with Crippen LogP contribution in [0.15, 0.2) is 0 Å². The molecule has 5 heteroatoms. The molecule has 0 spiro atoms. The summed E-state index contributed by atoms with van der Waals surface area (Å²) in [5.41, 5.74) is 0. The third-order valence-corrected chi connectivity index (χ3v) is 0. The fourth-order valence-electron chi connectivity index (χ4n) is 0. The molecule has 0 aromatic heterocycles. The van der Waals surface area contributed by atoms with Gasteiger partial charge in [-0.05, 0) is 0 Å². The van der Waals surface area contributed by atoms with Crippen LogP contribution in [0.25, 0.3) is 0 Å². The summed E-state index contributed by atoms with van der Waals surface area (Å²) in [5, 5.41) is 13.9. The molecule has 0 aliphatic heterocycles. The van der Waals surface area contributed by atoms with Crippen molar-refractivity contribution >= 4 is 22.9 Å². The molecule has 38 valence electrons. The van der Waals surface area contributed by atoms with Crippen molar-refractivity contribution in [2.45, 2.75) is 0 Å². The van der Waals surface area contributed by atoms with Gasteiger partial charge in [0.2, 0.25) is 0 Å². The van der Waals surface area contributed by atoms with Crippen LogP contribution < -0.4 is 0 Å². The first-order valence-electron chi connectivity index (χ1n) is 0.940. The zero-order valence-corrected chi connectivity index (χ0v) is 5.89. The Bertz CT molecular complexity index is 38.8. The van der Waals surface area contributed by atoms with Gasteiger partial charge in [-0.15, -0.1) is 0 Å². The van der Waals surface area contributed by atoms with Crippen molar-refractivity contribution in [3.8, 4) is 0 Å². The number of rotatable bonds is 0. The minimum absolute atomic E-state index is 0.125. The van der Waals surface area contributed by atoms with Crippen molar-refractivity contribution in [1.29, 1.82) is 0 Å². The van der Waals surface area contributed by atoms with Crippen molar-refractivity contribution in [2.75, 3.05) is 0 Å². The predicted molar refractivity (Wildman–Crippen MR) is 21.3 cm³/mol. The Kier molecular flexibility index (Phi) is 13.5. The topological polar surface area (TPSA) is 74.6 Å². The molecule has 2 N–H and O–H groups in total. The van der Waals surface area contributed by atoms with Crippen molar-refractivity contribution in [3.63, 3.8) is 0 Å². The second-order valence-corrected chi connectivity index (χ2v) is 0.283. The van der Waals surface area contributed by atoms with Crippen LogP contribution in [-0.4, -0.2) is 33.2 Å².